The second-order valence-corrected chi connectivity index (χ2v) is 6.56. The normalized spacial score (nSPS) is 12.1. The predicted molar refractivity (Wildman–Crippen MR) is 69.2 cm³/mol. The molecule has 0 aliphatic rings. The summed E-state index contributed by atoms with van der Waals surface area (Å²) in [7, 11) is -3.54. The maximum Gasteiger partial charge on any atom is 0.240 e. The maximum absolute atomic E-state index is 11.9. The fourth-order valence-electron chi connectivity index (χ4n) is 1.24. The topological polar surface area (TPSA) is 96.0 Å². The molecule has 0 aliphatic carbocycles. The Morgan fingerprint density at radius 1 is 1.33 bits per heavy atom. The monoisotopic (exact) mass is 267 g/mol. The fourth-order valence-corrected chi connectivity index (χ4v) is 2.47. The zero-order valence-corrected chi connectivity index (χ0v) is 11.3. The number of rotatable bonds is 5. The highest BCUT2D eigenvalue weighted by Gasteiger charge is 2.18. The van der Waals surface area contributed by atoms with Gasteiger partial charge < -0.3 is 5.73 Å². The lowest BCUT2D eigenvalue weighted by Crippen LogP contribution is -2.45. The molecule has 98 valence electrons. The molecule has 1 aromatic rings. The lowest BCUT2D eigenvalue weighted by atomic mass is 10.1. The number of nitrogens with one attached hydrogen (secondary N) is 1. The van der Waals surface area contributed by atoms with Gasteiger partial charge in [-0.15, -0.1) is 0 Å². The van der Waals surface area contributed by atoms with Gasteiger partial charge >= 0.3 is 0 Å². The minimum Gasteiger partial charge on any atom is -0.324 e. The number of sulfonamides is 1. The van der Waals surface area contributed by atoms with Gasteiger partial charge in [0.15, 0.2) is 0 Å². The van der Waals surface area contributed by atoms with Crippen LogP contribution in [-0.2, 0) is 16.4 Å². The molecular formula is C12H17N3O2S. The average molecular weight is 267 g/mol. The van der Waals surface area contributed by atoms with Crippen molar-refractivity contribution in [2.24, 2.45) is 5.73 Å². The molecule has 0 amide bonds. The Balaban J connectivity index is 2.83. The van der Waals surface area contributed by atoms with Crippen LogP contribution in [0.3, 0.4) is 0 Å². The molecule has 0 bridgehead atoms. The van der Waals surface area contributed by atoms with Crippen LogP contribution in [0.25, 0.3) is 0 Å². The Bertz CT molecular complexity index is 536. The van der Waals surface area contributed by atoms with Crippen molar-refractivity contribution >= 4 is 10.0 Å². The molecule has 0 radical (unpaired) electrons. The number of hydrogen-bond donors (Lipinski definition) is 2. The van der Waals surface area contributed by atoms with Crippen molar-refractivity contribution in [1.82, 2.24) is 4.72 Å². The van der Waals surface area contributed by atoms with Gasteiger partial charge in [0.2, 0.25) is 10.0 Å². The smallest absolute Gasteiger partial charge is 0.240 e. The second-order valence-electron chi connectivity index (χ2n) is 4.79. The van der Waals surface area contributed by atoms with Crippen LogP contribution in [0.2, 0.25) is 0 Å². The predicted octanol–water partition coefficient (Wildman–Crippen LogP) is 0.768. The third-order valence-corrected chi connectivity index (χ3v) is 3.65. The number of hydrogen-bond acceptors (Lipinski definition) is 4. The summed E-state index contributed by atoms with van der Waals surface area (Å²) in [5, 5.41) is 8.53. The van der Waals surface area contributed by atoms with Crippen LogP contribution < -0.4 is 10.5 Å². The largest absolute Gasteiger partial charge is 0.324 e. The summed E-state index contributed by atoms with van der Waals surface area (Å²) in [5.41, 5.74) is 5.91. The first kappa shape index (κ1) is 14.6. The van der Waals surface area contributed by atoms with Crippen molar-refractivity contribution < 1.29 is 8.42 Å². The molecule has 5 nitrogen and oxygen atoms in total. The highest BCUT2D eigenvalue weighted by Crippen LogP contribution is 2.11. The van der Waals surface area contributed by atoms with E-state index in [0.717, 1.165) is 5.56 Å². The van der Waals surface area contributed by atoms with Gasteiger partial charge in [-0.25, -0.2) is 13.1 Å². The lowest BCUT2D eigenvalue weighted by Gasteiger charge is -2.18. The minimum atomic E-state index is -3.54. The highest BCUT2D eigenvalue weighted by atomic mass is 32.2. The third-order valence-electron chi connectivity index (χ3n) is 2.23. The molecule has 3 N–H and O–H groups in total. The van der Waals surface area contributed by atoms with Gasteiger partial charge in [0.25, 0.3) is 0 Å². The minimum absolute atomic E-state index is 0.162. The van der Waals surface area contributed by atoms with Crippen molar-refractivity contribution in [2.75, 3.05) is 6.54 Å². The van der Waals surface area contributed by atoms with E-state index in [2.05, 4.69) is 4.72 Å². The Kier molecular flexibility index (Phi) is 4.46. The van der Waals surface area contributed by atoms with Crippen LogP contribution in [0, 0.1) is 11.3 Å². The van der Waals surface area contributed by atoms with Crippen LogP contribution in [0.4, 0.5) is 0 Å². The first-order chi connectivity index (χ1) is 8.24. The zero-order valence-electron chi connectivity index (χ0n) is 10.5. The first-order valence-corrected chi connectivity index (χ1v) is 6.97. The maximum atomic E-state index is 11.9. The fraction of sp³-hybridized carbons (Fsp3) is 0.417. The van der Waals surface area contributed by atoms with Crippen LogP contribution >= 0.6 is 0 Å². The van der Waals surface area contributed by atoms with E-state index >= 15 is 0 Å². The molecule has 0 fully saturated rings. The lowest BCUT2D eigenvalue weighted by molar-refractivity contribution is 0.498. The van der Waals surface area contributed by atoms with Gasteiger partial charge in [0, 0.05) is 12.1 Å². The summed E-state index contributed by atoms with van der Waals surface area (Å²) in [6.45, 7) is 3.65. The van der Waals surface area contributed by atoms with E-state index in [-0.39, 0.29) is 17.9 Å². The quantitative estimate of drug-likeness (QED) is 0.823. The summed E-state index contributed by atoms with van der Waals surface area (Å²) < 4.78 is 26.3. The summed E-state index contributed by atoms with van der Waals surface area (Å²) in [6, 6.07) is 8.24. The Morgan fingerprint density at radius 2 is 1.89 bits per heavy atom. The Morgan fingerprint density at radius 3 is 2.33 bits per heavy atom. The SMILES string of the molecule is CC(C)(N)CNS(=O)(=O)c1ccc(CC#N)cc1. The summed E-state index contributed by atoms with van der Waals surface area (Å²) in [4.78, 5) is 0.174. The summed E-state index contributed by atoms with van der Waals surface area (Å²) in [5.74, 6) is 0. The van der Waals surface area contributed by atoms with Crippen molar-refractivity contribution in [3.05, 3.63) is 29.8 Å². The highest BCUT2D eigenvalue weighted by molar-refractivity contribution is 7.89. The molecule has 0 saturated carbocycles. The molecular weight excluding hydrogens is 250 g/mol. The molecule has 1 rings (SSSR count). The molecule has 18 heavy (non-hydrogen) atoms. The van der Waals surface area contributed by atoms with Gasteiger partial charge in [-0.05, 0) is 31.5 Å². The van der Waals surface area contributed by atoms with E-state index < -0.39 is 15.6 Å². The van der Waals surface area contributed by atoms with Crippen LogP contribution in [-0.4, -0.2) is 20.5 Å². The van der Waals surface area contributed by atoms with E-state index in [1.54, 1.807) is 26.0 Å². The van der Waals surface area contributed by atoms with Crippen molar-refractivity contribution in [3.63, 3.8) is 0 Å². The van der Waals surface area contributed by atoms with Crippen LogP contribution in [0.1, 0.15) is 19.4 Å². The van der Waals surface area contributed by atoms with Crippen LogP contribution in [0.5, 0.6) is 0 Å². The number of nitrogens with zero attached hydrogens (tertiary/aromatic N) is 1. The summed E-state index contributed by atoms with van der Waals surface area (Å²) in [6.07, 6.45) is 0.267. The van der Waals surface area contributed by atoms with Gasteiger partial charge in [-0.2, -0.15) is 5.26 Å². The van der Waals surface area contributed by atoms with E-state index in [1.807, 2.05) is 6.07 Å². The average Bonchev–Trinajstić information content (AvgIpc) is 2.27. The standard InChI is InChI=1S/C12H17N3O2S/c1-12(2,14)9-15-18(16,17)11-5-3-10(4-6-11)7-8-13/h3-6,15H,7,9,14H2,1-2H3. The molecule has 1 aromatic carbocycles. The molecule has 0 atom stereocenters. The first-order valence-electron chi connectivity index (χ1n) is 5.49. The van der Waals surface area contributed by atoms with E-state index in [4.69, 9.17) is 11.0 Å². The Hall–Kier alpha value is -1.42. The number of nitriles is 1. The zero-order chi connectivity index (χ0) is 13.8. The second kappa shape index (κ2) is 5.48. The molecule has 0 heterocycles. The molecule has 0 aromatic heterocycles. The van der Waals surface area contributed by atoms with Gasteiger partial charge in [-0.3, -0.25) is 0 Å². The molecule has 6 heteroatoms. The van der Waals surface area contributed by atoms with E-state index in [1.165, 1.54) is 12.1 Å². The molecule has 0 unspecified atom stereocenters. The van der Waals surface area contributed by atoms with E-state index in [9.17, 15) is 8.42 Å². The third kappa shape index (κ3) is 4.45. The van der Waals surface area contributed by atoms with Gasteiger partial charge in [0.05, 0.1) is 17.4 Å². The summed E-state index contributed by atoms with van der Waals surface area (Å²) >= 11 is 0. The number of nitrogens with two attached hydrogens (primary N) is 1. The molecule has 0 saturated heterocycles. The van der Waals surface area contributed by atoms with Gasteiger partial charge in [-0.1, -0.05) is 12.1 Å². The van der Waals surface area contributed by atoms with Gasteiger partial charge in [0.1, 0.15) is 0 Å². The van der Waals surface area contributed by atoms with Crippen molar-refractivity contribution in [1.29, 1.82) is 5.26 Å². The Labute approximate surface area is 108 Å². The van der Waals surface area contributed by atoms with Crippen molar-refractivity contribution in [2.45, 2.75) is 30.7 Å². The van der Waals surface area contributed by atoms with E-state index in [0.29, 0.717) is 0 Å². The van der Waals surface area contributed by atoms with Crippen LogP contribution in [0.15, 0.2) is 29.2 Å². The van der Waals surface area contributed by atoms with Crippen molar-refractivity contribution in [3.8, 4) is 6.07 Å². The number of benzene rings is 1. The molecule has 0 aliphatic heterocycles. The molecule has 0 spiro atoms.